The highest BCUT2D eigenvalue weighted by Crippen LogP contribution is 2.43. The average Bonchev–Trinajstić information content (AvgIpc) is 3.19. The molecule has 3 nitrogen and oxygen atoms in total. The van der Waals surface area contributed by atoms with Gasteiger partial charge in [0.15, 0.2) is 0 Å². The van der Waals surface area contributed by atoms with Crippen LogP contribution in [0.1, 0.15) is 35.4 Å². The molecule has 1 saturated heterocycles. The molecule has 0 spiro atoms. The van der Waals surface area contributed by atoms with Crippen molar-refractivity contribution < 1.29 is 9.84 Å². The molecule has 1 fully saturated rings. The Hall–Kier alpha value is -1.68. The van der Waals surface area contributed by atoms with E-state index >= 15 is 0 Å². The number of rotatable bonds is 3. The molecule has 2 aromatic carbocycles. The van der Waals surface area contributed by atoms with Gasteiger partial charge in [0, 0.05) is 12.6 Å². The van der Waals surface area contributed by atoms with Gasteiger partial charge in [-0.1, -0.05) is 54.6 Å². The van der Waals surface area contributed by atoms with Gasteiger partial charge in [0.25, 0.3) is 0 Å². The highest BCUT2D eigenvalue weighted by Gasteiger charge is 2.40. The molecule has 2 aliphatic rings. The first-order chi connectivity index (χ1) is 10.9. The minimum atomic E-state index is -0.0991. The molecule has 0 bridgehead atoms. The van der Waals surface area contributed by atoms with Crippen LogP contribution in [0.4, 0.5) is 0 Å². The van der Waals surface area contributed by atoms with E-state index in [1.54, 1.807) is 0 Å². The van der Waals surface area contributed by atoms with E-state index in [9.17, 15) is 5.11 Å². The largest absolute Gasteiger partial charge is 0.394 e. The van der Waals surface area contributed by atoms with Crippen LogP contribution in [0.15, 0.2) is 54.6 Å². The maximum atomic E-state index is 9.53. The van der Waals surface area contributed by atoms with Gasteiger partial charge in [-0.2, -0.15) is 0 Å². The normalized spacial score (nSPS) is 28.0. The number of hydrogen-bond acceptors (Lipinski definition) is 3. The predicted molar refractivity (Wildman–Crippen MR) is 85.4 cm³/mol. The van der Waals surface area contributed by atoms with Crippen LogP contribution < -0.4 is 0 Å². The lowest BCUT2D eigenvalue weighted by atomic mass is 10.1. The Morgan fingerprint density at radius 2 is 1.82 bits per heavy atom. The van der Waals surface area contributed by atoms with Gasteiger partial charge in [0.05, 0.1) is 12.7 Å². The summed E-state index contributed by atoms with van der Waals surface area (Å²) in [6.07, 6.45) is 2.10. The van der Waals surface area contributed by atoms with Gasteiger partial charge < -0.3 is 9.84 Å². The summed E-state index contributed by atoms with van der Waals surface area (Å²) < 4.78 is 6.11. The lowest BCUT2D eigenvalue weighted by molar-refractivity contribution is -0.0306. The maximum Gasteiger partial charge on any atom is 0.137 e. The second-order valence-corrected chi connectivity index (χ2v) is 6.15. The number of fused-ring (bicyclic) bond motifs is 1. The number of aryl methyl sites for hydroxylation is 1. The number of ether oxygens (including phenoxy) is 1. The summed E-state index contributed by atoms with van der Waals surface area (Å²) in [5.41, 5.74) is 4.04. The highest BCUT2D eigenvalue weighted by molar-refractivity contribution is 5.35. The molecule has 1 aliphatic heterocycles. The van der Waals surface area contributed by atoms with Crippen molar-refractivity contribution in [2.24, 2.45) is 0 Å². The summed E-state index contributed by atoms with van der Waals surface area (Å²) >= 11 is 0. The van der Waals surface area contributed by atoms with Crippen molar-refractivity contribution in [3.05, 3.63) is 71.3 Å². The molecular formula is C19H21NO2. The Kier molecular flexibility index (Phi) is 3.70. The minimum Gasteiger partial charge on any atom is -0.394 e. The fourth-order valence-electron chi connectivity index (χ4n) is 3.79. The summed E-state index contributed by atoms with van der Waals surface area (Å²) in [6.45, 7) is 0.864. The first-order valence-electron chi connectivity index (χ1n) is 8.01. The molecule has 0 saturated carbocycles. The zero-order chi connectivity index (χ0) is 14.9. The van der Waals surface area contributed by atoms with Crippen molar-refractivity contribution >= 4 is 0 Å². The fraction of sp³-hybridized carbons (Fsp3) is 0.368. The topological polar surface area (TPSA) is 32.7 Å². The Labute approximate surface area is 131 Å². The van der Waals surface area contributed by atoms with E-state index in [-0.39, 0.29) is 18.9 Å². The standard InChI is InChI=1S/C19H21NO2/c21-13-16-12-20(19(22-16)15-7-2-1-3-8-15)18-11-10-14-6-4-5-9-17(14)18/h1-9,16,18-19,21H,10-13H2/t16-,18-,19+/m0/s1. The Morgan fingerprint density at radius 1 is 1.05 bits per heavy atom. The molecule has 4 rings (SSSR count). The molecule has 22 heavy (non-hydrogen) atoms. The first-order valence-corrected chi connectivity index (χ1v) is 8.01. The maximum absolute atomic E-state index is 9.53. The first kappa shape index (κ1) is 13.9. The van der Waals surface area contributed by atoms with Gasteiger partial charge in [-0.05, 0) is 29.5 Å². The molecule has 2 aromatic rings. The van der Waals surface area contributed by atoms with Gasteiger partial charge in [0.2, 0.25) is 0 Å². The third kappa shape index (κ3) is 2.35. The van der Waals surface area contributed by atoms with Gasteiger partial charge in [-0.15, -0.1) is 0 Å². The van der Waals surface area contributed by atoms with E-state index in [2.05, 4.69) is 41.3 Å². The summed E-state index contributed by atoms with van der Waals surface area (Å²) in [5, 5.41) is 9.53. The minimum absolute atomic E-state index is 0.0606. The van der Waals surface area contributed by atoms with Crippen LogP contribution in [0.25, 0.3) is 0 Å². The Balaban J connectivity index is 1.67. The number of aliphatic hydroxyl groups excluding tert-OH is 1. The van der Waals surface area contributed by atoms with Crippen molar-refractivity contribution in [1.82, 2.24) is 4.90 Å². The Bertz CT molecular complexity index is 643. The molecule has 114 valence electrons. The average molecular weight is 295 g/mol. The summed E-state index contributed by atoms with van der Waals surface area (Å²) in [4.78, 5) is 2.42. The van der Waals surface area contributed by atoms with E-state index in [4.69, 9.17) is 4.74 Å². The predicted octanol–water partition coefficient (Wildman–Crippen LogP) is 3.07. The smallest absolute Gasteiger partial charge is 0.137 e. The molecule has 3 heteroatoms. The van der Waals surface area contributed by atoms with Crippen molar-refractivity contribution in [2.45, 2.75) is 31.2 Å². The van der Waals surface area contributed by atoms with E-state index in [0.29, 0.717) is 6.04 Å². The molecule has 3 atom stereocenters. The van der Waals surface area contributed by atoms with E-state index < -0.39 is 0 Å². The molecule has 0 amide bonds. The van der Waals surface area contributed by atoms with Crippen molar-refractivity contribution in [2.75, 3.05) is 13.2 Å². The third-order valence-corrected chi connectivity index (χ3v) is 4.83. The van der Waals surface area contributed by atoms with Crippen LogP contribution in [0, 0.1) is 0 Å². The zero-order valence-corrected chi connectivity index (χ0v) is 12.6. The summed E-state index contributed by atoms with van der Waals surface area (Å²) in [7, 11) is 0. The quantitative estimate of drug-likeness (QED) is 0.944. The lowest BCUT2D eigenvalue weighted by Gasteiger charge is -2.29. The number of nitrogens with zero attached hydrogens (tertiary/aromatic N) is 1. The van der Waals surface area contributed by atoms with Crippen LogP contribution >= 0.6 is 0 Å². The van der Waals surface area contributed by atoms with Crippen molar-refractivity contribution in [1.29, 1.82) is 0 Å². The molecule has 1 aliphatic carbocycles. The fourth-order valence-corrected chi connectivity index (χ4v) is 3.79. The lowest BCUT2D eigenvalue weighted by Crippen LogP contribution is -2.29. The second kappa shape index (κ2) is 5.84. The van der Waals surface area contributed by atoms with E-state index in [1.807, 2.05) is 18.2 Å². The number of hydrogen-bond donors (Lipinski definition) is 1. The molecule has 0 radical (unpaired) electrons. The monoisotopic (exact) mass is 295 g/mol. The van der Waals surface area contributed by atoms with Crippen LogP contribution in [-0.2, 0) is 11.2 Å². The summed E-state index contributed by atoms with van der Waals surface area (Å²) in [6, 6.07) is 19.4. The molecular weight excluding hydrogens is 274 g/mol. The highest BCUT2D eigenvalue weighted by atomic mass is 16.5. The SMILES string of the molecule is OC[C@@H]1CN([C@H]2CCc3ccccc32)[C@@H](c2ccccc2)O1. The number of aliphatic hydroxyl groups is 1. The van der Waals surface area contributed by atoms with Crippen LogP contribution in [0.5, 0.6) is 0 Å². The van der Waals surface area contributed by atoms with Gasteiger partial charge in [-0.3, -0.25) is 4.90 Å². The molecule has 0 aromatic heterocycles. The third-order valence-electron chi connectivity index (χ3n) is 4.83. The second-order valence-electron chi connectivity index (χ2n) is 6.15. The van der Waals surface area contributed by atoms with Gasteiger partial charge >= 0.3 is 0 Å². The molecule has 0 unspecified atom stereocenters. The van der Waals surface area contributed by atoms with Gasteiger partial charge in [-0.25, -0.2) is 0 Å². The Morgan fingerprint density at radius 3 is 2.64 bits per heavy atom. The van der Waals surface area contributed by atoms with Crippen molar-refractivity contribution in [3.8, 4) is 0 Å². The van der Waals surface area contributed by atoms with E-state index in [1.165, 1.54) is 16.7 Å². The zero-order valence-electron chi connectivity index (χ0n) is 12.6. The van der Waals surface area contributed by atoms with Gasteiger partial charge in [0.1, 0.15) is 6.23 Å². The van der Waals surface area contributed by atoms with E-state index in [0.717, 1.165) is 19.4 Å². The molecule has 1 N–H and O–H groups in total. The van der Waals surface area contributed by atoms with Crippen LogP contribution in [-0.4, -0.2) is 29.3 Å². The van der Waals surface area contributed by atoms with Crippen LogP contribution in [0.3, 0.4) is 0 Å². The number of benzene rings is 2. The summed E-state index contributed by atoms with van der Waals surface area (Å²) in [5.74, 6) is 0. The van der Waals surface area contributed by atoms with Crippen molar-refractivity contribution in [3.63, 3.8) is 0 Å². The molecule has 1 heterocycles. The van der Waals surface area contributed by atoms with Crippen LogP contribution in [0.2, 0.25) is 0 Å².